The maximum atomic E-state index is 13.0. The van der Waals surface area contributed by atoms with Crippen molar-refractivity contribution in [2.24, 2.45) is 5.92 Å². The van der Waals surface area contributed by atoms with Crippen molar-refractivity contribution >= 4 is 25.5 Å². The SMILES string of the molecule is CC(C)(C)NC(=O)C1=CC2Nc3ccccc3C(=O)C2C=C1C#C[Si](C)(C)C. The van der Waals surface area contributed by atoms with Crippen molar-refractivity contribution in [2.45, 2.75) is 52.0 Å². The van der Waals surface area contributed by atoms with Crippen molar-refractivity contribution in [3.05, 3.63) is 53.1 Å². The van der Waals surface area contributed by atoms with E-state index in [1.54, 1.807) is 0 Å². The van der Waals surface area contributed by atoms with Gasteiger partial charge in [-0.3, -0.25) is 9.59 Å². The van der Waals surface area contributed by atoms with Gasteiger partial charge in [-0.15, -0.1) is 5.54 Å². The molecule has 2 unspecified atom stereocenters. The van der Waals surface area contributed by atoms with Crippen molar-refractivity contribution in [2.75, 3.05) is 5.32 Å². The van der Waals surface area contributed by atoms with Gasteiger partial charge in [-0.25, -0.2) is 0 Å². The summed E-state index contributed by atoms with van der Waals surface area (Å²) in [7, 11) is -1.63. The van der Waals surface area contributed by atoms with Crippen LogP contribution in [0.25, 0.3) is 0 Å². The highest BCUT2D eigenvalue weighted by atomic mass is 28.3. The first-order valence-corrected chi connectivity index (χ1v) is 13.1. The Balaban J connectivity index is 2.05. The van der Waals surface area contributed by atoms with E-state index >= 15 is 0 Å². The third-order valence-electron chi connectivity index (χ3n) is 4.49. The lowest BCUT2D eigenvalue weighted by Gasteiger charge is -2.34. The van der Waals surface area contributed by atoms with Crippen LogP contribution in [0.3, 0.4) is 0 Å². The minimum Gasteiger partial charge on any atom is -0.377 e. The van der Waals surface area contributed by atoms with Crippen LogP contribution >= 0.6 is 0 Å². The number of ketones is 1. The first-order valence-electron chi connectivity index (χ1n) is 9.64. The molecule has 1 heterocycles. The van der Waals surface area contributed by atoms with E-state index in [2.05, 4.69) is 41.7 Å². The minimum absolute atomic E-state index is 0.0678. The van der Waals surface area contributed by atoms with Crippen molar-refractivity contribution in [3.63, 3.8) is 0 Å². The van der Waals surface area contributed by atoms with Crippen LogP contribution in [0.5, 0.6) is 0 Å². The van der Waals surface area contributed by atoms with Crippen LogP contribution in [0.15, 0.2) is 47.6 Å². The maximum Gasteiger partial charge on any atom is 0.252 e. The number of rotatable bonds is 1. The average Bonchev–Trinajstić information content (AvgIpc) is 2.57. The Hall–Kier alpha value is -2.58. The average molecular weight is 393 g/mol. The molecule has 1 aromatic rings. The predicted molar refractivity (Wildman–Crippen MR) is 117 cm³/mol. The van der Waals surface area contributed by atoms with Gasteiger partial charge < -0.3 is 10.6 Å². The molecule has 0 bridgehead atoms. The molecule has 0 fully saturated rings. The standard InChI is InChI=1S/C23H28N2O2Si/c1-23(2,3)25-22(27)17-14-20-18(13-15(17)11-12-28(4,5)6)21(26)16-9-7-8-10-19(16)24-20/h7-10,13-14,18,20,24H,1-6H3,(H,25,27). The molecule has 0 saturated carbocycles. The quantitative estimate of drug-likeness (QED) is 0.562. The second-order valence-corrected chi connectivity index (χ2v) is 14.2. The van der Waals surface area contributed by atoms with Crippen LogP contribution in [0.2, 0.25) is 19.6 Å². The Labute approximate surface area is 168 Å². The lowest BCUT2D eigenvalue weighted by atomic mass is 9.79. The zero-order valence-corrected chi connectivity index (χ0v) is 18.4. The van der Waals surface area contributed by atoms with Crippen LogP contribution < -0.4 is 10.6 Å². The summed E-state index contributed by atoms with van der Waals surface area (Å²) in [6.07, 6.45) is 3.74. The van der Waals surface area contributed by atoms with Gasteiger partial charge in [-0.1, -0.05) is 43.8 Å². The largest absolute Gasteiger partial charge is 0.377 e. The lowest BCUT2D eigenvalue weighted by Crippen LogP contribution is -2.44. The number of benzene rings is 1. The first kappa shape index (κ1) is 20.2. The highest BCUT2D eigenvalue weighted by Gasteiger charge is 2.37. The lowest BCUT2D eigenvalue weighted by molar-refractivity contribution is -0.118. The van der Waals surface area contributed by atoms with E-state index in [-0.39, 0.29) is 29.2 Å². The molecular weight excluding hydrogens is 364 g/mol. The van der Waals surface area contributed by atoms with E-state index in [9.17, 15) is 9.59 Å². The topological polar surface area (TPSA) is 58.2 Å². The van der Waals surface area contributed by atoms with Crippen LogP contribution in [-0.4, -0.2) is 31.3 Å². The summed E-state index contributed by atoms with van der Waals surface area (Å²) in [4.78, 5) is 26.0. The summed E-state index contributed by atoms with van der Waals surface area (Å²) < 4.78 is 0. The maximum absolute atomic E-state index is 13.0. The number of fused-ring (bicyclic) bond motifs is 2. The van der Waals surface area contributed by atoms with Crippen molar-refractivity contribution in [1.29, 1.82) is 0 Å². The second-order valence-electron chi connectivity index (χ2n) is 9.47. The Morgan fingerprint density at radius 1 is 1.14 bits per heavy atom. The Kier molecular flexibility index (Phi) is 5.11. The molecule has 0 aromatic heterocycles. The highest BCUT2D eigenvalue weighted by molar-refractivity contribution is 6.83. The normalized spacial score (nSPS) is 21.1. The van der Waals surface area contributed by atoms with E-state index in [0.29, 0.717) is 16.7 Å². The van der Waals surface area contributed by atoms with Gasteiger partial charge in [0.05, 0.1) is 17.5 Å². The molecular formula is C23H28N2O2Si. The number of anilines is 1. The van der Waals surface area contributed by atoms with E-state index in [1.165, 1.54) is 0 Å². The number of nitrogens with one attached hydrogen (secondary N) is 2. The molecule has 0 radical (unpaired) electrons. The molecule has 5 heteroatoms. The summed E-state index contributed by atoms with van der Waals surface area (Å²) in [6.45, 7) is 12.3. The molecule has 2 N–H and O–H groups in total. The molecule has 1 amide bonds. The third kappa shape index (κ3) is 4.45. The summed E-state index contributed by atoms with van der Waals surface area (Å²) in [5.74, 6) is 2.78. The number of carbonyl (C=O) groups is 2. The molecule has 4 nitrogen and oxygen atoms in total. The number of hydrogen-bond donors (Lipinski definition) is 2. The van der Waals surface area contributed by atoms with Gasteiger partial charge >= 0.3 is 0 Å². The van der Waals surface area contributed by atoms with Crippen molar-refractivity contribution in [3.8, 4) is 11.5 Å². The van der Waals surface area contributed by atoms with Crippen LogP contribution in [0, 0.1) is 17.4 Å². The Morgan fingerprint density at radius 3 is 2.46 bits per heavy atom. The van der Waals surface area contributed by atoms with Gasteiger partial charge in [-0.05, 0) is 39.0 Å². The molecule has 2 aliphatic rings. The molecule has 146 valence electrons. The van der Waals surface area contributed by atoms with E-state index in [1.807, 2.05) is 57.2 Å². The third-order valence-corrected chi connectivity index (χ3v) is 5.37. The zero-order valence-electron chi connectivity index (χ0n) is 17.4. The fraction of sp³-hybridized carbons (Fsp3) is 0.391. The van der Waals surface area contributed by atoms with Gasteiger partial charge in [-0.2, -0.15) is 0 Å². The fourth-order valence-corrected chi connectivity index (χ4v) is 3.78. The van der Waals surface area contributed by atoms with Gasteiger partial charge in [0.1, 0.15) is 8.07 Å². The summed E-state index contributed by atoms with van der Waals surface area (Å²) >= 11 is 0. The van der Waals surface area contributed by atoms with E-state index in [4.69, 9.17) is 0 Å². The summed E-state index contributed by atoms with van der Waals surface area (Å²) in [5.41, 5.74) is 5.68. The van der Waals surface area contributed by atoms with Crippen LogP contribution in [0.1, 0.15) is 31.1 Å². The van der Waals surface area contributed by atoms with E-state index < -0.39 is 8.07 Å². The highest BCUT2D eigenvalue weighted by Crippen LogP contribution is 2.34. The molecule has 28 heavy (non-hydrogen) atoms. The molecule has 0 saturated heterocycles. The van der Waals surface area contributed by atoms with E-state index in [0.717, 1.165) is 5.69 Å². The predicted octanol–water partition coefficient (Wildman–Crippen LogP) is 3.94. The molecule has 3 rings (SSSR count). The number of hydrogen-bond acceptors (Lipinski definition) is 3. The number of Topliss-reactive ketones (excluding diaryl/α,β-unsaturated/α-hetero) is 1. The molecule has 1 aliphatic heterocycles. The number of para-hydroxylation sites is 1. The fourth-order valence-electron chi connectivity index (χ4n) is 3.27. The molecule has 1 aliphatic carbocycles. The van der Waals surface area contributed by atoms with Gasteiger partial charge in [0.15, 0.2) is 5.78 Å². The zero-order chi connectivity index (χ0) is 20.7. The Bertz CT molecular complexity index is 949. The number of carbonyl (C=O) groups excluding carboxylic acids is 2. The van der Waals surface area contributed by atoms with Crippen LogP contribution in [0.4, 0.5) is 5.69 Å². The molecule has 0 spiro atoms. The monoisotopic (exact) mass is 392 g/mol. The first-order chi connectivity index (χ1) is 12.9. The van der Waals surface area contributed by atoms with Gasteiger partial charge in [0.2, 0.25) is 0 Å². The summed E-state index contributed by atoms with van der Waals surface area (Å²) in [6, 6.07) is 7.26. The second kappa shape index (κ2) is 7.10. The van der Waals surface area contributed by atoms with Crippen molar-refractivity contribution in [1.82, 2.24) is 5.32 Å². The Morgan fingerprint density at radius 2 is 1.82 bits per heavy atom. The van der Waals surface area contributed by atoms with Crippen LogP contribution in [-0.2, 0) is 4.79 Å². The van der Waals surface area contributed by atoms with Gasteiger partial charge in [0.25, 0.3) is 5.91 Å². The smallest absolute Gasteiger partial charge is 0.252 e. The number of amides is 1. The molecule has 1 aromatic carbocycles. The summed E-state index contributed by atoms with van der Waals surface area (Å²) in [5, 5.41) is 6.43. The van der Waals surface area contributed by atoms with Crippen molar-refractivity contribution < 1.29 is 9.59 Å². The van der Waals surface area contributed by atoms with Gasteiger partial charge in [0, 0.05) is 22.4 Å². The minimum atomic E-state index is -1.63. The molecule has 2 atom stereocenters.